The SMILES string of the molecule is C#CCOc1c(Cl)cc(C=Nn2c(C3CCCCC3)nc3ccc(Br)cc3c2=O)cc1[N+](=O)[O-]. The Bertz CT molecular complexity index is 1390. The van der Waals surface area contributed by atoms with E-state index in [9.17, 15) is 14.9 Å². The van der Waals surface area contributed by atoms with E-state index in [-0.39, 0.29) is 34.5 Å². The van der Waals surface area contributed by atoms with Gasteiger partial charge in [-0.05, 0) is 37.1 Å². The largest absolute Gasteiger partial charge is 0.473 e. The van der Waals surface area contributed by atoms with Crippen molar-refractivity contribution in [1.29, 1.82) is 0 Å². The molecule has 0 N–H and O–H groups in total. The van der Waals surface area contributed by atoms with E-state index in [0.29, 0.717) is 22.3 Å². The summed E-state index contributed by atoms with van der Waals surface area (Å²) in [5.41, 5.74) is 0.289. The summed E-state index contributed by atoms with van der Waals surface area (Å²) < 4.78 is 7.30. The third-order valence-electron chi connectivity index (χ3n) is 5.67. The lowest BCUT2D eigenvalue weighted by Crippen LogP contribution is -2.25. The number of rotatable bonds is 6. The van der Waals surface area contributed by atoms with Crippen LogP contribution in [-0.4, -0.2) is 27.4 Å². The molecule has 0 unspecified atom stereocenters. The number of hydrogen-bond donors (Lipinski definition) is 0. The van der Waals surface area contributed by atoms with Crippen LogP contribution in [0.2, 0.25) is 5.02 Å². The highest BCUT2D eigenvalue weighted by Crippen LogP contribution is 2.36. The Balaban J connectivity index is 1.83. The average Bonchev–Trinajstić information content (AvgIpc) is 2.83. The van der Waals surface area contributed by atoms with Crippen molar-refractivity contribution in [2.75, 3.05) is 6.61 Å². The number of fused-ring (bicyclic) bond motifs is 1. The Kier molecular flexibility index (Phi) is 7.29. The molecule has 0 atom stereocenters. The number of hydrogen-bond acceptors (Lipinski definition) is 6. The molecule has 10 heteroatoms. The van der Waals surface area contributed by atoms with Gasteiger partial charge in [0.15, 0.2) is 0 Å². The van der Waals surface area contributed by atoms with Gasteiger partial charge in [-0.1, -0.05) is 52.7 Å². The molecule has 1 fully saturated rings. The van der Waals surface area contributed by atoms with Gasteiger partial charge in [-0.25, -0.2) is 4.98 Å². The van der Waals surface area contributed by atoms with Crippen molar-refractivity contribution < 1.29 is 9.66 Å². The molecule has 1 saturated carbocycles. The molecular formula is C24H20BrClN4O4. The maximum atomic E-state index is 13.4. The van der Waals surface area contributed by atoms with E-state index >= 15 is 0 Å². The number of nitro benzene ring substituents is 1. The number of ether oxygens (including phenoxy) is 1. The molecule has 1 heterocycles. The first-order chi connectivity index (χ1) is 16.4. The molecular weight excluding hydrogens is 524 g/mol. The van der Waals surface area contributed by atoms with Crippen molar-refractivity contribution in [2.24, 2.45) is 5.10 Å². The van der Waals surface area contributed by atoms with Crippen LogP contribution < -0.4 is 10.3 Å². The highest BCUT2D eigenvalue weighted by atomic mass is 79.9. The highest BCUT2D eigenvalue weighted by Gasteiger charge is 2.23. The quantitative estimate of drug-likeness (QED) is 0.173. The lowest BCUT2D eigenvalue weighted by atomic mass is 9.88. The van der Waals surface area contributed by atoms with Gasteiger partial charge in [0.1, 0.15) is 12.4 Å². The van der Waals surface area contributed by atoms with E-state index in [1.165, 1.54) is 23.0 Å². The van der Waals surface area contributed by atoms with Crippen molar-refractivity contribution >= 4 is 50.3 Å². The molecule has 0 aliphatic heterocycles. The smallest absolute Gasteiger partial charge is 0.313 e. The molecule has 0 saturated heterocycles. The van der Waals surface area contributed by atoms with Crippen LogP contribution >= 0.6 is 27.5 Å². The lowest BCUT2D eigenvalue weighted by molar-refractivity contribution is -0.385. The lowest BCUT2D eigenvalue weighted by Gasteiger charge is -2.22. The standard InChI is InChI=1S/C24H20BrClN4O4/c1-2-10-34-22-19(26)11-15(12-21(22)30(32)33)14-27-29-23(16-6-4-3-5-7-16)28-20-9-8-17(25)13-18(20)24(29)31/h1,8-9,11-14,16H,3-7,10H2. The predicted octanol–water partition coefficient (Wildman–Crippen LogP) is 5.66. The van der Waals surface area contributed by atoms with Gasteiger partial charge in [0, 0.05) is 22.0 Å². The van der Waals surface area contributed by atoms with E-state index in [0.717, 1.165) is 36.6 Å². The van der Waals surface area contributed by atoms with E-state index < -0.39 is 4.92 Å². The van der Waals surface area contributed by atoms with Crippen LogP contribution in [0.3, 0.4) is 0 Å². The first-order valence-electron chi connectivity index (χ1n) is 10.7. The van der Waals surface area contributed by atoms with E-state index in [1.807, 2.05) is 6.07 Å². The third-order valence-corrected chi connectivity index (χ3v) is 6.44. The van der Waals surface area contributed by atoms with Crippen LogP contribution in [0.15, 0.2) is 44.7 Å². The second-order valence-corrected chi connectivity index (χ2v) is 9.25. The second kappa shape index (κ2) is 10.4. The van der Waals surface area contributed by atoms with Gasteiger partial charge in [-0.15, -0.1) is 6.42 Å². The predicted molar refractivity (Wildman–Crippen MR) is 135 cm³/mol. The number of nitrogens with zero attached hydrogens (tertiary/aromatic N) is 4. The minimum absolute atomic E-state index is 0.0197. The van der Waals surface area contributed by atoms with Crippen molar-refractivity contribution in [1.82, 2.24) is 9.66 Å². The maximum Gasteiger partial charge on any atom is 0.313 e. The minimum atomic E-state index is -0.607. The van der Waals surface area contributed by atoms with E-state index in [4.69, 9.17) is 27.7 Å². The molecule has 2 aromatic carbocycles. The molecule has 0 spiro atoms. The van der Waals surface area contributed by atoms with Crippen molar-refractivity contribution in [3.8, 4) is 18.1 Å². The molecule has 3 aromatic rings. The highest BCUT2D eigenvalue weighted by molar-refractivity contribution is 9.10. The van der Waals surface area contributed by atoms with Crippen LogP contribution in [0.1, 0.15) is 49.4 Å². The van der Waals surface area contributed by atoms with Gasteiger partial charge in [0.25, 0.3) is 5.56 Å². The van der Waals surface area contributed by atoms with Gasteiger partial charge >= 0.3 is 5.69 Å². The molecule has 0 radical (unpaired) electrons. The Labute approximate surface area is 208 Å². The summed E-state index contributed by atoms with van der Waals surface area (Å²) in [7, 11) is 0. The number of aromatic nitrogens is 2. The fourth-order valence-electron chi connectivity index (χ4n) is 4.09. The van der Waals surface area contributed by atoms with Crippen LogP contribution in [0.25, 0.3) is 10.9 Å². The molecule has 1 aromatic heterocycles. The van der Waals surface area contributed by atoms with Crippen molar-refractivity contribution in [2.45, 2.75) is 38.0 Å². The summed E-state index contributed by atoms with van der Waals surface area (Å²) in [6.07, 6.45) is 11.7. The fourth-order valence-corrected chi connectivity index (χ4v) is 4.73. The number of benzene rings is 2. The van der Waals surface area contributed by atoms with Crippen LogP contribution in [-0.2, 0) is 0 Å². The molecule has 4 rings (SSSR count). The minimum Gasteiger partial charge on any atom is -0.473 e. The summed E-state index contributed by atoms with van der Waals surface area (Å²) in [5, 5.41) is 16.4. The zero-order valence-corrected chi connectivity index (χ0v) is 20.4. The second-order valence-electron chi connectivity index (χ2n) is 7.93. The summed E-state index contributed by atoms with van der Waals surface area (Å²) in [4.78, 5) is 29.1. The normalized spacial score (nSPS) is 14.4. The zero-order valence-electron chi connectivity index (χ0n) is 18.0. The van der Waals surface area contributed by atoms with Gasteiger partial charge in [0.2, 0.25) is 5.75 Å². The van der Waals surface area contributed by atoms with E-state index in [1.54, 1.807) is 12.1 Å². The van der Waals surface area contributed by atoms with Crippen molar-refractivity contribution in [3.05, 3.63) is 71.7 Å². The molecule has 8 nitrogen and oxygen atoms in total. The molecule has 0 bridgehead atoms. The maximum absolute atomic E-state index is 13.4. The van der Waals surface area contributed by atoms with Crippen LogP contribution in [0.5, 0.6) is 5.75 Å². The Morgan fingerprint density at radius 1 is 1.32 bits per heavy atom. The Morgan fingerprint density at radius 2 is 2.09 bits per heavy atom. The summed E-state index contributed by atoms with van der Waals surface area (Å²) >= 11 is 9.63. The van der Waals surface area contributed by atoms with Crippen LogP contribution in [0.4, 0.5) is 5.69 Å². The summed E-state index contributed by atoms with van der Waals surface area (Å²) in [5.74, 6) is 2.83. The first kappa shape index (κ1) is 23.9. The topological polar surface area (TPSA) is 99.6 Å². The van der Waals surface area contributed by atoms with E-state index in [2.05, 4.69) is 27.0 Å². The molecule has 1 aliphatic rings. The van der Waals surface area contributed by atoms with Gasteiger partial charge in [0.05, 0.1) is 27.1 Å². The monoisotopic (exact) mass is 542 g/mol. The zero-order chi connectivity index (χ0) is 24.2. The molecule has 0 amide bonds. The van der Waals surface area contributed by atoms with Gasteiger partial charge in [-0.3, -0.25) is 14.9 Å². The molecule has 174 valence electrons. The van der Waals surface area contributed by atoms with Gasteiger partial charge in [-0.2, -0.15) is 9.78 Å². The van der Waals surface area contributed by atoms with Crippen molar-refractivity contribution in [3.63, 3.8) is 0 Å². The molecule has 34 heavy (non-hydrogen) atoms. The number of halogens is 2. The summed E-state index contributed by atoms with van der Waals surface area (Å²) in [6, 6.07) is 8.11. The van der Waals surface area contributed by atoms with Crippen LogP contribution in [0, 0.1) is 22.5 Å². The average molecular weight is 544 g/mol. The fraction of sp³-hybridized carbons (Fsp3) is 0.292. The summed E-state index contributed by atoms with van der Waals surface area (Å²) in [6.45, 7) is -0.160. The Hall–Kier alpha value is -3.22. The van der Waals surface area contributed by atoms with Gasteiger partial charge < -0.3 is 4.74 Å². The first-order valence-corrected chi connectivity index (χ1v) is 11.9. The number of nitro groups is 1. The molecule has 1 aliphatic carbocycles. The Morgan fingerprint density at radius 3 is 2.79 bits per heavy atom. The third kappa shape index (κ3) is 4.98. The number of terminal acetylenes is 1.